The standard InChI is InChI=1S/C9H17N3O/c1-3-5-8(7-10)12-9(13)11-6-4-2/h8H,3-6H2,1-2H3,(H2,11,12,13). The fourth-order valence-electron chi connectivity index (χ4n) is 0.905. The van der Waals surface area contributed by atoms with Gasteiger partial charge in [-0.05, 0) is 12.8 Å². The lowest BCUT2D eigenvalue weighted by Gasteiger charge is -2.10. The van der Waals surface area contributed by atoms with Crippen LogP contribution >= 0.6 is 0 Å². The van der Waals surface area contributed by atoms with Gasteiger partial charge in [-0.1, -0.05) is 20.3 Å². The lowest BCUT2D eigenvalue weighted by Crippen LogP contribution is -2.41. The minimum Gasteiger partial charge on any atom is -0.338 e. The van der Waals surface area contributed by atoms with Crippen LogP contribution < -0.4 is 10.6 Å². The molecule has 1 atom stereocenters. The molecule has 0 saturated heterocycles. The number of nitriles is 1. The Hall–Kier alpha value is -1.24. The molecule has 2 amide bonds. The van der Waals surface area contributed by atoms with Gasteiger partial charge in [0.25, 0.3) is 0 Å². The van der Waals surface area contributed by atoms with Crippen molar-refractivity contribution in [2.75, 3.05) is 6.54 Å². The van der Waals surface area contributed by atoms with Crippen LogP contribution in [0.4, 0.5) is 4.79 Å². The molecule has 74 valence electrons. The van der Waals surface area contributed by atoms with Gasteiger partial charge >= 0.3 is 6.03 Å². The van der Waals surface area contributed by atoms with Crippen LogP contribution in [0.1, 0.15) is 33.1 Å². The maximum Gasteiger partial charge on any atom is 0.315 e. The smallest absolute Gasteiger partial charge is 0.315 e. The van der Waals surface area contributed by atoms with E-state index in [9.17, 15) is 4.79 Å². The van der Waals surface area contributed by atoms with Crippen LogP contribution in [0, 0.1) is 11.3 Å². The quantitative estimate of drug-likeness (QED) is 0.676. The van der Waals surface area contributed by atoms with Gasteiger partial charge in [-0.15, -0.1) is 0 Å². The van der Waals surface area contributed by atoms with Crippen molar-refractivity contribution >= 4 is 6.03 Å². The minimum atomic E-state index is -0.359. The van der Waals surface area contributed by atoms with Crippen LogP contribution in [0.2, 0.25) is 0 Å². The Kier molecular flexibility index (Phi) is 6.70. The van der Waals surface area contributed by atoms with Gasteiger partial charge in [-0.2, -0.15) is 5.26 Å². The minimum absolute atomic E-state index is 0.248. The highest BCUT2D eigenvalue weighted by atomic mass is 16.2. The summed E-state index contributed by atoms with van der Waals surface area (Å²) >= 11 is 0. The molecular weight excluding hydrogens is 166 g/mol. The molecule has 4 nitrogen and oxygen atoms in total. The van der Waals surface area contributed by atoms with Gasteiger partial charge in [0.2, 0.25) is 0 Å². The number of urea groups is 1. The van der Waals surface area contributed by atoms with E-state index in [1.54, 1.807) is 0 Å². The summed E-state index contributed by atoms with van der Waals surface area (Å²) in [6.45, 7) is 4.61. The fourth-order valence-corrected chi connectivity index (χ4v) is 0.905. The topological polar surface area (TPSA) is 64.9 Å². The van der Waals surface area contributed by atoms with Gasteiger partial charge in [0.15, 0.2) is 0 Å². The van der Waals surface area contributed by atoms with E-state index < -0.39 is 0 Å². The molecule has 0 saturated carbocycles. The van der Waals surface area contributed by atoms with E-state index in [1.807, 2.05) is 19.9 Å². The van der Waals surface area contributed by atoms with Gasteiger partial charge in [-0.3, -0.25) is 0 Å². The Labute approximate surface area is 79.3 Å². The molecule has 4 heteroatoms. The van der Waals surface area contributed by atoms with E-state index in [-0.39, 0.29) is 12.1 Å². The van der Waals surface area contributed by atoms with Crippen molar-refractivity contribution in [3.63, 3.8) is 0 Å². The Bertz CT molecular complexity index is 186. The number of rotatable bonds is 5. The third-order valence-electron chi connectivity index (χ3n) is 1.57. The number of carbonyl (C=O) groups excluding carboxylic acids is 1. The number of hydrogen-bond acceptors (Lipinski definition) is 2. The molecule has 0 radical (unpaired) electrons. The highest BCUT2D eigenvalue weighted by molar-refractivity contribution is 5.74. The second-order valence-corrected chi connectivity index (χ2v) is 2.87. The Balaban J connectivity index is 3.68. The summed E-state index contributed by atoms with van der Waals surface area (Å²) in [5, 5.41) is 13.9. The van der Waals surface area contributed by atoms with E-state index >= 15 is 0 Å². The van der Waals surface area contributed by atoms with Crippen molar-refractivity contribution in [3.05, 3.63) is 0 Å². The number of amides is 2. The highest BCUT2D eigenvalue weighted by Crippen LogP contribution is 1.93. The average Bonchev–Trinajstić information content (AvgIpc) is 2.14. The molecule has 1 unspecified atom stereocenters. The number of carbonyl (C=O) groups is 1. The van der Waals surface area contributed by atoms with Crippen molar-refractivity contribution in [2.24, 2.45) is 0 Å². The lowest BCUT2D eigenvalue weighted by molar-refractivity contribution is 0.238. The summed E-state index contributed by atoms with van der Waals surface area (Å²) in [5.74, 6) is 0. The van der Waals surface area contributed by atoms with Crippen molar-refractivity contribution in [1.82, 2.24) is 10.6 Å². The van der Waals surface area contributed by atoms with Gasteiger partial charge in [0.05, 0.1) is 6.07 Å². The Morgan fingerprint density at radius 1 is 1.46 bits per heavy atom. The zero-order chi connectivity index (χ0) is 10.1. The first-order valence-corrected chi connectivity index (χ1v) is 4.68. The monoisotopic (exact) mass is 183 g/mol. The molecule has 0 spiro atoms. The zero-order valence-electron chi connectivity index (χ0n) is 8.26. The maximum absolute atomic E-state index is 11.1. The van der Waals surface area contributed by atoms with Crippen LogP contribution in [0.15, 0.2) is 0 Å². The van der Waals surface area contributed by atoms with E-state index in [2.05, 4.69) is 10.6 Å². The van der Waals surface area contributed by atoms with Gasteiger partial charge < -0.3 is 10.6 Å². The Morgan fingerprint density at radius 2 is 2.15 bits per heavy atom. The predicted octanol–water partition coefficient (Wildman–Crippen LogP) is 1.39. The average molecular weight is 183 g/mol. The SMILES string of the molecule is CCCNC(=O)NC(C#N)CCC. The normalized spacial score (nSPS) is 11.5. The molecule has 2 N–H and O–H groups in total. The van der Waals surface area contributed by atoms with Crippen molar-refractivity contribution < 1.29 is 4.79 Å². The zero-order valence-corrected chi connectivity index (χ0v) is 8.26. The molecule has 0 aliphatic rings. The summed E-state index contributed by atoms with van der Waals surface area (Å²) in [6.07, 6.45) is 2.50. The molecule has 0 aromatic heterocycles. The number of nitrogens with one attached hydrogen (secondary N) is 2. The summed E-state index contributed by atoms with van der Waals surface area (Å²) in [4.78, 5) is 11.1. The molecule has 0 aliphatic heterocycles. The molecule has 0 aromatic rings. The highest BCUT2D eigenvalue weighted by Gasteiger charge is 2.08. The number of hydrogen-bond donors (Lipinski definition) is 2. The molecule has 0 fully saturated rings. The van der Waals surface area contributed by atoms with Crippen LogP contribution in [-0.4, -0.2) is 18.6 Å². The first-order valence-electron chi connectivity index (χ1n) is 4.68. The van der Waals surface area contributed by atoms with Crippen molar-refractivity contribution in [2.45, 2.75) is 39.2 Å². The molecule has 0 heterocycles. The summed E-state index contributed by atoms with van der Waals surface area (Å²) in [6, 6.07) is 1.43. The van der Waals surface area contributed by atoms with Crippen LogP contribution in [0.25, 0.3) is 0 Å². The van der Waals surface area contributed by atoms with E-state index in [0.717, 1.165) is 12.8 Å². The molecular formula is C9H17N3O. The van der Waals surface area contributed by atoms with Gasteiger partial charge in [0, 0.05) is 6.54 Å². The first-order chi connectivity index (χ1) is 6.24. The molecule has 0 bridgehead atoms. The van der Waals surface area contributed by atoms with Crippen LogP contribution in [-0.2, 0) is 0 Å². The van der Waals surface area contributed by atoms with Crippen LogP contribution in [0.3, 0.4) is 0 Å². The molecule has 0 aromatic carbocycles. The second kappa shape index (κ2) is 7.41. The molecule has 13 heavy (non-hydrogen) atoms. The van der Waals surface area contributed by atoms with Crippen molar-refractivity contribution in [3.8, 4) is 6.07 Å². The second-order valence-electron chi connectivity index (χ2n) is 2.87. The largest absolute Gasteiger partial charge is 0.338 e. The van der Waals surface area contributed by atoms with E-state index in [0.29, 0.717) is 13.0 Å². The summed E-state index contributed by atoms with van der Waals surface area (Å²) in [7, 11) is 0. The Morgan fingerprint density at radius 3 is 2.62 bits per heavy atom. The van der Waals surface area contributed by atoms with Gasteiger partial charge in [-0.25, -0.2) is 4.79 Å². The number of nitrogens with zero attached hydrogens (tertiary/aromatic N) is 1. The molecule has 0 rings (SSSR count). The first kappa shape index (κ1) is 11.8. The predicted molar refractivity (Wildman–Crippen MR) is 51.1 cm³/mol. The summed E-state index contributed by atoms with van der Waals surface area (Å²) in [5.41, 5.74) is 0. The van der Waals surface area contributed by atoms with E-state index in [4.69, 9.17) is 5.26 Å². The summed E-state index contributed by atoms with van der Waals surface area (Å²) < 4.78 is 0. The fraction of sp³-hybridized carbons (Fsp3) is 0.778. The maximum atomic E-state index is 11.1. The third kappa shape index (κ3) is 5.97. The third-order valence-corrected chi connectivity index (χ3v) is 1.57. The van der Waals surface area contributed by atoms with Gasteiger partial charge in [0.1, 0.15) is 6.04 Å². The van der Waals surface area contributed by atoms with Crippen LogP contribution in [0.5, 0.6) is 0 Å². The van der Waals surface area contributed by atoms with Crippen molar-refractivity contribution in [1.29, 1.82) is 5.26 Å². The van der Waals surface area contributed by atoms with E-state index in [1.165, 1.54) is 0 Å². The lowest BCUT2D eigenvalue weighted by atomic mass is 10.2. The molecule has 0 aliphatic carbocycles.